The molecule has 0 unspecified atom stereocenters. The third-order valence-corrected chi connectivity index (χ3v) is 13.4. The van der Waals surface area contributed by atoms with Crippen molar-refractivity contribution in [3.63, 3.8) is 0 Å². The number of terminal acetylenes is 1. The topological polar surface area (TPSA) is 115 Å². The van der Waals surface area contributed by atoms with Gasteiger partial charge < -0.3 is 28.8 Å². The third-order valence-electron chi connectivity index (χ3n) is 13.4. The predicted octanol–water partition coefficient (Wildman–Crippen LogP) is 7.50. The van der Waals surface area contributed by atoms with Crippen molar-refractivity contribution < 1.29 is 14.3 Å². The highest BCUT2D eigenvalue weighted by Gasteiger charge is 2.29. The van der Waals surface area contributed by atoms with Gasteiger partial charge in [-0.15, -0.1) is 12.3 Å². The van der Waals surface area contributed by atoms with Gasteiger partial charge in [0.2, 0.25) is 17.7 Å². The van der Waals surface area contributed by atoms with Gasteiger partial charge in [-0.05, 0) is 102 Å². The van der Waals surface area contributed by atoms with E-state index in [0.29, 0.717) is 24.4 Å². The number of hydrogen-bond acceptors (Lipinski definition) is 9. The number of hydrogen-bond donors (Lipinski definition) is 1. The van der Waals surface area contributed by atoms with Gasteiger partial charge in [-0.2, -0.15) is 0 Å². The van der Waals surface area contributed by atoms with Crippen LogP contribution < -0.4 is 14.8 Å². The van der Waals surface area contributed by atoms with E-state index < -0.39 is 0 Å². The number of carbonyl (C=O) groups is 1. The number of fused-ring (bicyclic) bond motifs is 2. The van der Waals surface area contributed by atoms with Crippen LogP contribution in [0.25, 0.3) is 22.1 Å². The van der Waals surface area contributed by atoms with E-state index >= 15 is 0 Å². The second kappa shape index (κ2) is 19.2. The number of benzene rings is 1. The summed E-state index contributed by atoms with van der Waals surface area (Å²) in [5.41, 5.74) is 8.14. The number of amides is 1. The normalized spacial score (nSPS) is 18.4. The third kappa shape index (κ3) is 9.63. The van der Waals surface area contributed by atoms with Gasteiger partial charge in [0.05, 0.1) is 17.3 Å². The van der Waals surface area contributed by atoms with Crippen molar-refractivity contribution in [2.24, 2.45) is 5.92 Å². The number of aromatic nitrogens is 6. The first-order valence-electron chi connectivity index (χ1n) is 22.4. The maximum atomic E-state index is 12.2. The molecule has 0 bridgehead atoms. The van der Waals surface area contributed by atoms with E-state index in [1.54, 1.807) is 12.7 Å². The summed E-state index contributed by atoms with van der Waals surface area (Å²) in [6, 6.07) is 11.0. The maximum absolute atomic E-state index is 12.2. The number of piperidine rings is 2. The van der Waals surface area contributed by atoms with Gasteiger partial charge in [-0.1, -0.05) is 43.2 Å². The van der Waals surface area contributed by atoms with Gasteiger partial charge in [-0.25, -0.2) is 19.9 Å². The zero-order valence-corrected chi connectivity index (χ0v) is 36.2. The van der Waals surface area contributed by atoms with Gasteiger partial charge in [0.15, 0.2) is 0 Å². The molecule has 1 amide bonds. The summed E-state index contributed by atoms with van der Waals surface area (Å²) in [6.45, 7) is 15.6. The van der Waals surface area contributed by atoms with Gasteiger partial charge in [0.1, 0.15) is 36.2 Å². The van der Waals surface area contributed by atoms with Crippen LogP contribution in [0.3, 0.4) is 0 Å². The zero-order valence-electron chi connectivity index (χ0n) is 36.2. The van der Waals surface area contributed by atoms with Crippen molar-refractivity contribution in [3.8, 4) is 24.1 Å². The van der Waals surface area contributed by atoms with E-state index in [2.05, 4.69) is 102 Å². The van der Waals surface area contributed by atoms with Crippen LogP contribution in [0, 0.1) is 46.0 Å². The minimum absolute atomic E-state index is 0.103. The van der Waals surface area contributed by atoms with E-state index in [9.17, 15) is 4.79 Å². The molecule has 6 heterocycles. The van der Waals surface area contributed by atoms with Crippen molar-refractivity contribution in [3.05, 3.63) is 71.1 Å². The lowest BCUT2D eigenvalue weighted by atomic mass is 10.1. The number of aryl methyl sites for hydroxylation is 2. The second-order valence-electron chi connectivity index (χ2n) is 17.5. The van der Waals surface area contributed by atoms with Crippen molar-refractivity contribution in [2.45, 2.75) is 123 Å². The Bertz CT molecular complexity index is 2270. The lowest BCUT2D eigenvalue weighted by Gasteiger charge is -2.31. The van der Waals surface area contributed by atoms with Crippen molar-refractivity contribution in [1.29, 1.82) is 0 Å². The first-order chi connectivity index (χ1) is 29.3. The van der Waals surface area contributed by atoms with Crippen molar-refractivity contribution in [2.75, 3.05) is 45.8 Å². The number of nitrogens with one attached hydrogen (secondary N) is 1. The number of nitrogens with zero attached hydrogens (tertiary/aromatic N) is 8. The Morgan fingerprint density at radius 3 is 1.95 bits per heavy atom. The molecular formula is C48H63N9O3. The fraction of sp³-hybridized carbons (Fsp3) is 0.562. The van der Waals surface area contributed by atoms with E-state index in [-0.39, 0.29) is 18.1 Å². The van der Waals surface area contributed by atoms with Gasteiger partial charge in [-0.3, -0.25) is 9.69 Å². The fourth-order valence-electron chi connectivity index (χ4n) is 9.39. The van der Waals surface area contributed by atoms with Gasteiger partial charge >= 0.3 is 0 Å². The molecule has 60 heavy (non-hydrogen) atoms. The monoisotopic (exact) mass is 814 g/mol. The molecular weight excluding hydrogens is 751 g/mol. The smallest absolute Gasteiger partial charge is 0.234 e. The van der Waals surface area contributed by atoms with E-state index in [0.717, 1.165) is 106 Å². The Labute approximate surface area is 355 Å². The van der Waals surface area contributed by atoms with E-state index in [1.165, 1.54) is 66.6 Å². The van der Waals surface area contributed by atoms with Crippen LogP contribution in [0.2, 0.25) is 0 Å². The SMILES string of the molecule is C#CCCN1CCC(Oc2ncnc3c2c(C)c(C)n3C2CCCC2)CC1.Cc1c(C)n(Cc2ccccc2)c2ncnc(OC3CCN(CC(=O)NCC4CC4)CC3)c12. The molecule has 0 spiro atoms. The van der Waals surface area contributed by atoms with Crippen LogP contribution in [0.15, 0.2) is 43.0 Å². The molecule has 1 aromatic carbocycles. The summed E-state index contributed by atoms with van der Waals surface area (Å²) in [6.07, 6.45) is 21.3. The lowest BCUT2D eigenvalue weighted by molar-refractivity contribution is -0.122. The summed E-state index contributed by atoms with van der Waals surface area (Å²) in [7, 11) is 0. The molecule has 2 saturated heterocycles. The summed E-state index contributed by atoms with van der Waals surface area (Å²) < 4.78 is 17.5. The Balaban J connectivity index is 0.000000170. The van der Waals surface area contributed by atoms with Crippen LogP contribution in [-0.4, -0.2) is 103 Å². The summed E-state index contributed by atoms with van der Waals surface area (Å²) in [4.78, 5) is 35.1. The summed E-state index contributed by atoms with van der Waals surface area (Å²) in [5.74, 6) is 5.03. The highest BCUT2D eigenvalue weighted by molar-refractivity contribution is 5.87. The molecule has 4 aromatic heterocycles. The Morgan fingerprint density at radius 2 is 1.33 bits per heavy atom. The average Bonchev–Trinajstić information content (AvgIpc) is 3.80. The standard InChI is InChI=1S/C26H33N5O2.C22H30N4O/c1-18-19(2)31(15-21-6-4-3-5-7-21)25-24(18)26(29-17-28-25)33-22-10-12-30(13-11-22)16-23(32)27-14-20-8-9-20;1-4-5-12-25-13-10-19(11-14-25)27-22-20-16(2)17(3)26(18-8-6-7-9-18)21(20)23-15-24-22/h3-7,17,20,22H,8-16H2,1-2H3,(H,27,32);1,15,18-19H,5-14H2,2-3H3. The van der Waals surface area contributed by atoms with E-state index in [1.807, 2.05) is 6.07 Å². The fourth-order valence-corrected chi connectivity index (χ4v) is 9.39. The maximum Gasteiger partial charge on any atom is 0.234 e. The van der Waals surface area contributed by atoms with Gasteiger partial charge in [0, 0.05) is 69.7 Å². The Morgan fingerprint density at radius 1 is 0.750 bits per heavy atom. The number of carbonyl (C=O) groups excluding carboxylic acids is 1. The summed E-state index contributed by atoms with van der Waals surface area (Å²) in [5, 5.41) is 5.18. The number of ether oxygens (including phenoxy) is 2. The van der Waals surface area contributed by atoms with Crippen LogP contribution in [-0.2, 0) is 11.3 Å². The average molecular weight is 814 g/mol. The molecule has 1 N–H and O–H groups in total. The van der Waals surface area contributed by atoms with Gasteiger partial charge in [0.25, 0.3) is 0 Å². The molecule has 0 radical (unpaired) electrons. The molecule has 318 valence electrons. The molecule has 4 fully saturated rings. The van der Waals surface area contributed by atoms with Crippen molar-refractivity contribution in [1.82, 2.24) is 44.2 Å². The summed E-state index contributed by atoms with van der Waals surface area (Å²) >= 11 is 0. The quantitative estimate of drug-likeness (QED) is 0.121. The molecule has 2 aliphatic heterocycles. The zero-order chi connectivity index (χ0) is 41.6. The minimum atomic E-state index is 0.103. The molecule has 2 saturated carbocycles. The molecule has 0 atom stereocenters. The Kier molecular flexibility index (Phi) is 13.3. The molecule has 4 aliphatic rings. The van der Waals surface area contributed by atoms with Crippen LogP contribution in [0.4, 0.5) is 0 Å². The minimum Gasteiger partial charge on any atom is -0.474 e. The van der Waals surface area contributed by atoms with E-state index in [4.69, 9.17) is 15.9 Å². The Hall–Kier alpha value is -4.99. The van der Waals surface area contributed by atoms with Crippen LogP contribution >= 0.6 is 0 Å². The number of likely N-dealkylation sites (tertiary alicyclic amines) is 2. The van der Waals surface area contributed by atoms with Crippen molar-refractivity contribution >= 4 is 28.0 Å². The largest absolute Gasteiger partial charge is 0.474 e. The molecule has 12 nitrogen and oxygen atoms in total. The molecule has 2 aliphatic carbocycles. The molecule has 12 heteroatoms. The van der Waals surface area contributed by atoms with Crippen LogP contribution in [0.1, 0.15) is 105 Å². The first-order valence-corrected chi connectivity index (χ1v) is 22.4. The molecule has 9 rings (SSSR count). The highest BCUT2D eigenvalue weighted by Crippen LogP contribution is 2.39. The number of rotatable bonds is 13. The predicted molar refractivity (Wildman–Crippen MR) is 236 cm³/mol. The lowest BCUT2D eigenvalue weighted by Crippen LogP contribution is -2.44. The second-order valence-corrected chi connectivity index (χ2v) is 17.5. The first kappa shape index (κ1) is 41.7. The highest BCUT2D eigenvalue weighted by atomic mass is 16.5. The molecule has 5 aromatic rings. The van der Waals surface area contributed by atoms with Crippen LogP contribution in [0.5, 0.6) is 11.8 Å².